The Balaban J connectivity index is 1.55. The largest absolute Gasteiger partial charge is 0.355 e. The van der Waals surface area contributed by atoms with Crippen LogP contribution in [0.25, 0.3) is 11.3 Å². The number of piperidine rings is 1. The Morgan fingerprint density at radius 1 is 1.40 bits per heavy atom. The van der Waals surface area contributed by atoms with Crippen LogP contribution in [0.15, 0.2) is 34.9 Å². The van der Waals surface area contributed by atoms with Crippen LogP contribution in [-0.4, -0.2) is 41.6 Å². The summed E-state index contributed by atoms with van der Waals surface area (Å²) in [6.07, 6.45) is 2.45. The Bertz CT molecular complexity index is 723. The van der Waals surface area contributed by atoms with E-state index in [9.17, 15) is 4.79 Å². The van der Waals surface area contributed by atoms with Crippen molar-refractivity contribution in [2.75, 3.05) is 19.6 Å². The quantitative estimate of drug-likeness (QED) is 0.878. The molecule has 2 aromatic rings. The molecule has 1 amide bonds. The van der Waals surface area contributed by atoms with Crippen LogP contribution in [0.3, 0.4) is 0 Å². The molecule has 1 aliphatic rings. The fourth-order valence-electron chi connectivity index (χ4n) is 3.09. The van der Waals surface area contributed by atoms with E-state index >= 15 is 0 Å². The van der Waals surface area contributed by atoms with Crippen LogP contribution in [0.5, 0.6) is 0 Å². The molecular formula is C19H24ClN3O2. The lowest BCUT2D eigenvalue weighted by atomic mass is 9.98. The van der Waals surface area contributed by atoms with Gasteiger partial charge in [0.1, 0.15) is 0 Å². The van der Waals surface area contributed by atoms with Gasteiger partial charge in [-0.3, -0.25) is 9.69 Å². The highest BCUT2D eigenvalue weighted by Crippen LogP contribution is 2.23. The molecule has 2 heterocycles. The summed E-state index contributed by atoms with van der Waals surface area (Å²) in [7, 11) is 0. The van der Waals surface area contributed by atoms with E-state index in [0.717, 1.165) is 24.6 Å². The number of hydrogen-bond donors (Lipinski definition) is 1. The Morgan fingerprint density at radius 2 is 2.16 bits per heavy atom. The molecule has 1 unspecified atom stereocenters. The summed E-state index contributed by atoms with van der Waals surface area (Å²) in [5.41, 5.74) is 1.09. The summed E-state index contributed by atoms with van der Waals surface area (Å²) in [5, 5.41) is 7.45. The fraction of sp³-hybridized carbons (Fsp3) is 0.474. The molecule has 6 heteroatoms. The number of halogens is 1. The highest BCUT2D eigenvalue weighted by Gasteiger charge is 2.21. The summed E-state index contributed by atoms with van der Waals surface area (Å²) in [5.74, 6) is 1.12. The summed E-state index contributed by atoms with van der Waals surface area (Å²) < 4.78 is 5.28. The maximum absolute atomic E-state index is 12.3. The molecule has 0 spiro atoms. The summed E-state index contributed by atoms with van der Waals surface area (Å²) in [6.45, 7) is 7.25. The minimum Gasteiger partial charge on any atom is -0.355 e. The van der Waals surface area contributed by atoms with Crippen molar-refractivity contribution in [3.05, 3.63) is 41.0 Å². The van der Waals surface area contributed by atoms with E-state index < -0.39 is 0 Å². The molecule has 1 N–H and O–H groups in total. The molecule has 1 aliphatic heterocycles. The van der Waals surface area contributed by atoms with Gasteiger partial charge >= 0.3 is 0 Å². The standard InChI is InChI=1S/C19H24ClN3O2/c1-13-6-8-23(9-7-13)14(2)12-21-19(24)17-11-18(25-22-17)15-4-3-5-16(20)10-15/h3-5,10-11,13-14H,6-9,12H2,1-2H3,(H,21,24). The zero-order chi connectivity index (χ0) is 17.8. The molecule has 1 aromatic carbocycles. The van der Waals surface area contributed by atoms with Crippen molar-refractivity contribution in [3.63, 3.8) is 0 Å². The van der Waals surface area contributed by atoms with Gasteiger partial charge in [-0.2, -0.15) is 0 Å². The predicted octanol–water partition coefficient (Wildman–Crippen LogP) is 3.85. The second kappa shape index (κ2) is 8.02. The van der Waals surface area contributed by atoms with Gasteiger partial charge in [0, 0.05) is 29.2 Å². The summed E-state index contributed by atoms with van der Waals surface area (Å²) >= 11 is 5.99. The first-order chi connectivity index (χ1) is 12.0. The van der Waals surface area contributed by atoms with Crippen molar-refractivity contribution < 1.29 is 9.32 Å². The van der Waals surface area contributed by atoms with Gasteiger partial charge in [0.2, 0.25) is 0 Å². The van der Waals surface area contributed by atoms with E-state index in [2.05, 4.69) is 29.2 Å². The first-order valence-corrected chi connectivity index (χ1v) is 9.15. The lowest BCUT2D eigenvalue weighted by molar-refractivity contribution is 0.0913. The van der Waals surface area contributed by atoms with E-state index in [1.54, 1.807) is 18.2 Å². The van der Waals surface area contributed by atoms with Gasteiger partial charge in [-0.25, -0.2) is 0 Å². The Morgan fingerprint density at radius 3 is 2.88 bits per heavy atom. The van der Waals surface area contributed by atoms with Crippen LogP contribution in [0, 0.1) is 5.92 Å². The van der Waals surface area contributed by atoms with Crippen molar-refractivity contribution in [1.29, 1.82) is 0 Å². The highest BCUT2D eigenvalue weighted by atomic mass is 35.5. The van der Waals surface area contributed by atoms with Crippen molar-refractivity contribution in [2.24, 2.45) is 5.92 Å². The summed E-state index contributed by atoms with van der Waals surface area (Å²) in [4.78, 5) is 14.7. The second-order valence-corrected chi connectivity index (χ2v) is 7.30. The molecular weight excluding hydrogens is 338 g/mol. The van der Waals surface area contributed by atoms with Gasteiger partial charge in [0.05, 0.1) is 0 Å². The molecule has 1 fully saturated rings. The normalized spacial score (nSPS) is 17.4. The van der Waals surface area contributed by atoms with Crippen molar-refractivity contribution in [2.45, 2.75) is 32.7 Å². The van der Waals surface area contributed by atoms with Gasteiger partial charge in [0.25, 0.3) is 5.91 Å². The highest BCUT2D eigenvalue weighted by molar-refractivity contribution is 6.30. The Hall–Kier alpha value is -1.85. The predicted molar refractivity (Wildman–Crippen MR) is 98.7 cm³/mol. The molecule has 134 valence electrons. The average Bonchev–Trinajstić information content (AvgIpc) is 3.10. The van der Waals surface area contributed by atoms with Gasteiger partial charge in [-0.05, 0) is 50.9 Å². The van der Waals surface area contributed by atoms with Crippen LogP contribution >= 0.6 is 11.6 Å². The van der Waals surface area contributed by atoms with Gasteiger partial charge < -0.3 is 9.84 Å². The topological polar surface area (TPSA) is 58.4 Å². The molecule has 5 nitrogen and oxygen atoms in total. The minimum atomic E-state index is -0.214. The van der Waals surface area contributed by atoms with Crippen LogP contribution < -0.4 is 5.32 Å². The van der Waals surface area contributed by atoms with Gasteiger partial charge in [-0.1, -0.05) is 35.8 Å². The molecule has 1 atom stereocenters. The smallest absolute Gasteiger partial charge is 0.273 e. The minimum absolute atomic E-state index is 0.214. The Kier molecular flexibility index (Phi) is 5.76. The van der Waals surface area contributed by atoms with E-state index in [0.29, 0.717) is 23.4 Å². The van der Waals surface area contributed by atoms with E-state index in [1.165, 1.54) is 12.8 Å². The zero-order valence-corrected chi connectivity index (χ0v) is 15.4. The lowest BCUT2D eigenvalue weighted by Crippen LogP contribution is -2.45. The van der Waals surface area contributed by atoms with Crippen LogP contribution in [0.4, 0.5) is 0 Å². The monoisotopic (exact) mass is 361 g/mol. The van der Waals surface area contributed by atoms with E-state index in [1.807, 2.05) is 12.1 Å². The molecule has 3 rings (SSSR count). The molecule has 0 bridgehead atoms. The average molecular weight is 362 g/mol. The van der Waals surface area contributed by atoms with Crippen molar-refractivity contribution in [1.82, 2.24) is 15.4 Å². The SMILES string of the molecule is CC1CCN(C(C)CNC(=O)c2cc(-c3cccc(Cl)c3)on2)CC1. The number of carbonyl (C=O) groups excluding carboxylic acids is 1. The first-order valence-electron chi connectivity index (χ1n) is 8.78. The third-order valence-electron chi connectivity index (χ3n) is 4.85. The number of aromatic nitrogens is 1. The lowest BCUT2D eigenvalue weighted by Gasteiger charge is -2.34. The van der Waals surface area contributed by atoms with Crippen LogP contribution in [0.2, 0.25) is 5.02 Å². The number of hydrogen-bond acceptors (Lipinski definition) is 4. The molecule has 1 saturated heterocycles. The zero-order valence-electron chi connectivity index (χ0n) is 14.7. The molecule has 0 radical (unpaired) electrons. The maximum atomic E-state index is 12.3. The number of benzene rings is 1. The maximum Gasteiger partial charge on any atom is 0.273 e. The Labute approximate surface area is 153 Å². The van der Waals surface area contributed by atoms with E-state index in [4.69, 9.17) is 16.1 Å². The summed E-state index contributed by atoms with van der Waals surface area (Å²) in [6, 6.07) is 9.24. The molecule has 25 heavy (non-hydrogen) atoms. The van der Waals surface area contributed by atoms with Gasteiger partial charge in [0.15, 0.2) is 11.5 Å². The number of nitrogens with zero attached hydrogens (tertiary/aromatic N) is 2. The number of likely N-dealkylation sites (tertiary alicyclic amines) is 1. The molecule has 0 aliphatic carbocycles. The number of nitrogens with one attached hydrogen (secondary N) is 1. The van der Waals surface area contributed by atoms with Crippen molar-refractivity contribution >= 4 is 17.5 Å². The van der Waals surface area contributed by atoms with Crippen LogP contribution in [0.1, 0.15) is 37.2 Å². The number of amides is 1. The molecule has 0 saturated carbocycles. The number of carbonyl (C=O) groups is 1. The van der Waals surface area contributed by atoms with Crippen LogP contribution in [-0.2, 0) is 0 Å². The van der Waals surface area contributed by atoms with Gasteiger partial charge in [-0.15, -0.1) is 0 Å². The van der Waals surface area contributed by atoms with Crippen molar-refractivity contribution in [3.8, 4) is 11.3 Å². The third-order valence-corrected chi connectivity index (χ3v) is 5.09. The van der Waals surface area contributed by atoms with E-state index in [-0.39, 0.29) is 11.6 Å². The fourth-order valence-corrected chi connectivity index (χ4v) is 3.28. The number of rotatable bonds is 5. The molecule has 1 aromatic heterocycles. The second-order valence-electron chi connectivity index (χ2n) is 6.86. The first kappa shape index (κ1) is 18.0. The third kappa shape index (κ3) is 4.61.